The van der Waals surface area contributed by atoms with Crippen LogP contribution in [0, 0.1) is 0 Å². The van der Waals surface area contributed by atoms with Gasteiger partial charge in [-0.1, -0.05) is 12.6 Å². The number of carbonyl (C=O) groups excluding carboxylic acids is 2. The lowest BCUT2D eigenvalue weighted by molar-refractivity contribution is -0.111. The molecule has 2 N–H and O–H groups in total. The summed E-state index contributed by atoms with van der Waals surface area (Å²) in [5, 5.41) is 9.45. The van der Waals surface area contributed by atoms with E-state index in [2.05, 4.69) is 27.1 Å². The molecule has 0 unspecified atom stereocenters. The van der Waals surface area contributed by atoms with E-state index >= 15 is 0 Å². The maximum atomic E-state index is 12.7. The van der Waals surface area contributed by atoms with Gasteiger partial charge in [0.1, 0.15) is 12.2 Å². The number of aromatic nitrogens is 3. The standard InChI is InChI=1S/C17H19N5O2/c1-2-15(23)20-14-5-3-4-13(10-14)17(24)22-8-6-12(7-9-22)16-18-11-19-21-16/h2-5,10-12H,1,6-9H2,(H,20,23)(H,18,19,21). The molecular formula is C17H19N5O2. The molecule has 0 spiro atoms. The number of aromatic amines is 1. The van der Waals surface area contributed by atoms with Crippen LogP contribution in [0.2, 0.25) is 0 Å². The number of rotatable bonds is 4. The molecule has 24 heavy (non-hydrogen) atoms. The average molecular weight is 325 g/mol. The largest absolute Gasteiger partial charge is 0.339 e. The first-order valence-electron chi connectivity index (χ1n) is 7.85. The molecule has 1 aromatic carbocycles. The van der Waals surface area contributed by atoms with Crippen LogP contribution in [0.15, 0.2) is 43.2 Å². The fraction of sp³-hybridized carbons (Fsp3) is 0.294. The van der Waals surface area contributed by atoms with Crippen molar-refractivity contribution in [3.63, 3.8) is 0 Å². The highest BCUT2D eigenvalue weighted by Crippen LogP contribution is 2.26. The van der Waals surface area contributed by atoms with Crippen LogP contribution in [0.1, 0.15) is 34.9 Å². The maximum absolute atomic E-state index is 12.7. The molecule has 1 fully saturated rings. The van der Waals surface area contributed by atoms with Gasteiger partial charge in [0, 0.05) is 30.3 Å². The molecule has 2 aromatic rings. The molecule has 0 atom stereocenters. The highest BCUT2D eigenvalue weighted by molar-refractivity contribution is 6.00. The molecule has 7 nitrogen and oxygen atoms in total. The zero-order valence-electron chi connectivity index (χ0n) is 13.2. The van der Waals surface area contributed by atoms with E-state index in [1.807, 2.05) is 4.90 Å². The molecule has 0 aliphatic carbocycles. The Morgan fingerprint density at radius 1 is 1.33 bits per heavy atom. The van der Waals surface area contributed by atoms with Gasteiger partial charge in [0.05, 0.1) is 0 Å². The second-order valence-corrected chi connectivity index (χ2v) is 5.71. The zero-order chi connectivity index (χ0) is 16.9. The predicted octanol–water partition coefficient (Wildman–Crippen LogP) is 1.95. The quantitative estimate of drug-likeness (QED) is 0.841. The van der Waals surface area contributed by atoms with E-state index in [4.69, 9.17) is 0 Å². The Morgan fingerprint density at radius 2 is 2.12 bits per heavy atom. The van der Waals surface area contributed by atoms with Crippen LogP contribution in [-0.4, -0.2) is 45.0 Å². The third kappa shape index (κ3) is 3.51. The summed E-state index contributed by atoms with van der Waals surface area (Å²) in [6.45, 7) is 4.76. The highest BCUT2D eigenvalue weighted by atomic mass is 16.2. The van der Waals surface area contributed by atoms with Gasteiger partial charge in [-0.25, -0.2) is 4.98 Å². The lowest BCUT2D eigenvalue weighted by Crippen LogP contribution is -2.38. The molecule has 1 saturated heterocycles. The third-order valence-electron chi connectivity index (χ3n) is 4.16. The number of hydrogen-bond donors (Lipinski definition) is 2. The molecule has 1 aliphatic heterocycles. The van der Waals surface area contributed by atoms with E-state index < -0.39 is 0 Å². The second-order valence-electron chi connectivity index (χ2n) is 5.71. The number of likely N-dealkylation sites (tertiary alicyclic amines) is 1. The van der Waals surface area contributed by atoms with E-state index in [9.17, 15) is 9.59 Å². The van der Waals surface area contributed by atoms with Crippen molar-refractivity contribution in [2.75, 3.05) is 18.4 Å². The molecule has 0 radical (unpaired) electrons. The van der Waals surface area contributed by atoms with Crippen molar-refractivity contribution in [2.45, 2.75) is 18.8 Å². The third-order valence-corrected chi connectivity index (χ3v) is 4.16. The molecule has 2 heterocycles. The van der Waals surface area contributed by atoms with Gasteiger partial charge in [0.25, 0.3) is 5.91 Å². The Morgan fingerprint density at radius 3 is 2.79 bits per heavy atom. The van der Waals surface area contributed by atoms with Crippen molar-refractivity contribution in [3.8, 4) is 0 Å². The first kappa shape index (κ1) is 15.9. The normalized spacial score (nSPS) is 15.1. The van der Waals surface area contributed by atoms with Crippen molar-refractivity contribution in [1.29, 1.82) is 0 Å². The van der Waals surface area contributed by atoms with Crippen molar-refractivity contribution in [3.05, 3.63) is 54.6 Å². The van der Waals surface area contributed by atoms with Crippen LogP contribution in [-0.2, 0) is 4.79 Å². The Kier molecular flexibility index (Phi) is 4.69. The van der Waals surface area contributed by atoms with Gasteiger partial charge in [-0.3, -0.25) is 14.7 Å². The summed E-state index contributed by atoms with van der Waals surface area (Å²) in [4.78, 5) is 30.1. The van der Waals surface area contributed by atoms with Gasteiger partial charge in [0.15, 0.2) is 0 Å². The number of carbonyl (C=O) groups is 2. The molecule has 1 aliphatic rings. The summed E-state index contributed by atoms with van der Waals surface area (Å²) in [6, 6.07) is 6.95. The number of nitrogens with one attached hydrogen (secondary N) is 2. The van der Waals surface area contributed by atoms with Crippen LogP contribution >= 0.6 is 0 Å². The Balaban J connectivity index is 1.64. The van der Waals surface area contributed by atoms with Gasteiger partial charge in [-0.05, 0) is 37.1 Å². The van der Waals surface area contributed by atoms with Gasteiger partial charge < -0.3 is 10.2 Å². The summed E-state index contributed by atoms with van der Waals surface area (Å²) in [7, 11) is 0. The number of hydrogen-bond acceptors (Lipinski definition) is 4. The summed E-state index contributed by atoms with van der Waals surface area (Å²) in [5.74, 6) is 0.874. The first-order valence-corrected chi connectivity index (χ1v) is 7.85. The van der Waals surface area contributed by atoms with Crippen LogP contribution < -0.4 is 5.32 Å². The number of nitrogens with zero attached hydrogens (tertiary/aromatic N) is 3. The Hall–Kier alpha value is -2.96. The summed E-state index contributed by atoms with van der Waals surface area (Å²) in [5.41, 5.74) is 1.15. The zero-order valence-corrected chi connectivity index (χ0v) is 13.2. The van der Waals surface area contributed by atoms with E-state index in [-0.39, 0.29) is 11.8 Å². The fourth-order valence-corrected chi connectivity index (χ4v) is 2.87. The Bertz CT molecular complexity index is 733. The number of amides is 2. The molecule has 0 bridgehead atoms. The number of anilines is 1. The minimum absolute atomic E-state index is 0.0271. The minimum atomic E-state index is -0.299. The van der Waals surface area contributed by atoms with Crippen LogP contribution in [0.4, 0.5) is 5.69 Å². The highest BCUT2D eigenvalue weighted by Gasteiger charge is 2.26. The molecule has 1 aromatic heterocycles. The van der Waals surface area contributed by atoms with Gasteiger partial charge in [-0.15, -0.1) is 0 Å². The molecule has 3 rings (SSSR count). The van der Waals surface area contributed by atoms with Crippen LogP contribution in [0.5, 0.6) is 0 Å². The number of piperidine rings is 1. The predicted molar refractivity (Wildman–Crippen MR) is 89.5 cm³/mol. The summed E-state index contributed by atoms with van der Waals surface area (Å²) < 4.78 is 0. The van der Waals surface area contributed by atoms with E-state index in [1.165, 1.54) is 12.4 Å². The van der Waals surface area contributed by atoms with E-state index in [0.717, 1.165) is 18.7 Å². The fourth-order valence-electron chi connectivity index (χ4n) is 2.87. The molecular weight excluding hydrogens is 306 g/mol. The smallest absolute Gasteiger partial charge is 0.253 e. The number of benzene rings is 1. The number of H-pyrrole nitrogens is 1. The summed E-state index contributed by atoms with van der Waals surface area (Å²) >= 11 is 0. The Labute approximate surface area is 139 Å². The van der Waals surface area contributed by atoms with Gasteiger partial charge in [0.2, 0.25) is 5.91 Å². The van der Waals surface area contributed by atoms with Crippen molar-refractivity contribution < 1.29 is 9.59 Å². The molecule has 124 valence electrons. The minimum Gasteiger partial charge on any atom is -0.339 e. The summed E-state index contributed by atoms with van der Waals surface area (Å²) in [6.07, 6.45) is 4.42. The lowest BCUT2D eigenvalue weighted by atomic mass is 9.95. The first-order chi connectivity index (χ1) is 11.7. The molecule has 2 amide bonds. The van der Waals surface area contributed by atoms with Gasteiger partial charge >= 0.3 is 0 Å². The van der Waals surface area contributed by atoms with Crippen LogP contribution in [0.25, 0.3) is 0 Å². The topological polar surface area (TPSA) is 91.0 Å². The average Bonchev–Trinajstić information content (AvgIpc) is 3.16. The van der Waals surface area contributed by atoms with Gasteiger partial charge in [-0.2, -0.15) is 5.10 Å². The van der Waals surface area contributed by atoms with Crippen LogP contribution in [0.3, 0.4) is 0 Å². The second kappa shape index (κ2) is 7.08. The van der Waals surface area contributed by atoms with E-state index in [0.29, 0.717) is 30.3 Å². The molecule has 7 heteroatoms. The monoisotopic (exact) mass is 325 g/mol. The maximum Gasteiger partial charge on any atom is 0.253 e. The SMILES string of the molecule is C=CC(=O)Nc1cccc(C(=O)N2CCC(c3ncn[nH]3)CC2)c1. The van der Waals surface area contributed by atoms with Crippen molar-refractivity contribution >= 4 is 17.5 Å². The van der Waals surface area contributed by atoms with Crippen molar-refractivity contribution in [1.82, 2.24) is 20.1 Å². The lowest BCUT2D eigenvalue weighted by Gasteiger charge is -2.31. The van der Waals surface area contributed by atoms with E-state index in [1.54, 1.807) is 24.3 Å². The molecule has 0 saturated carbocycles. The van der Waals surface area contributed by atoms with Crippen molar-refractivity contribution in [2.24, 2.45) is 0 Å².